The number of rotatable bonds is 4. The largest absolute Gasteiger partial charge is 0.330 e. The molecule has 0 saturated heterocycles. The minimum absolute atomic E-state index is 0.0519. The molecule has 17 heavy (non-hydrogen) atoms. The SMILES string of the molecule is CCn1ccn(Cc2cncn2C2CC2)c1=O. The molecule has 2 aromatic rings. The lowest BCUT2D eigenvalue weighted by atomic mass is 10.4. The third kappa shape index (κ3) is 1.81. The highest BCUT2D eigenvalue weighted by atomic mass is 16.1. The van der Waals surface area contributed by atoms with Crippen molar-refractivity contribution in [3.8, 4) is 0 Å². The smallest absolute Gasteiger partial charge is 0.328 e. The Labute approximate surface area is 99.3 Å². The van der Waals surface area contributed by atoms with Gasteiger partial charge in [-0.05, 0) is 19.8 Å². The second-order valence-electron chi connectivity index (χ2n) is 4.52. The molecule has 90 valence electrons. The summed E-state index contributed by atoms with van der Waals surface area (Å²) in [6.07, 6.45) is 9.86. The second-order valence-corrected chi connectivity index (χ2v) is 4.52. The lowest BCUT2D eigenvalue weighted by Gasteiger charge is -2.06. The molecule has 0 aromatic carbocycles. The van der Waals surface area contributed by atoms with Crippen LogP contribution in [-0.4, -0.2) is 18.7 Å². The first-order chi connectivity index (χ1) is 8.29. The van der Waals surface area contributed by atoms with Gasteiger partial charge in [0, 0.05) is 31.2 Å². The Hall–Kier alpha value is -1.78. The van der Waals surface area contributed by atoms with Crippen LogP contribution in [0.25, 0.3) is 0 Å². The van der Waals surface area contributed by atoms with Gasteiger partial charge in [0.15, 0.2) is 0 Å². The van der Waals surface area contributed by atoms with Crippen LogP contribution >= 0.6 is 0 Å². The molecule has 0 spiro atoms. The van der Waals surface area contributed by atoms with Crippen molar-refractivity contribution in [3.05, 3.63) is 41.1 Å². The summed E-state index contributed by atoms with van der Waals surface area (Å²) >= 11 is 0. The molecular weight excluding hydrogens is 216 g/mol. The summed E-state index contributed by atoms with van der Waals surface area (Å²) in [5.74, 6) is 0. The Morgan fingerprint density at radius 3 is 2.76 bits per heavy atom. The number of imidazole rings is 2. The zero-order chi connectivity index (χ0) is 11.8. The fourth-order valence-corrected chi connectivity index (χ4v) is 2.12. The summed E-state index contributed by atoms with van der Waals surface area (Å²) in [6.45, 7) is 3.30. The van der Waals surface area contributed by atoms with Crippen LogP contribution in [0, 0.1) is 0 Å². The summed E-state index contributed by atoms with van der Waals surface area (Å²) in [5.41, 5.74) is 1.17. The summed E-state index contributed by atoms with van der Waals surface area (Å²) < 4.78 is 5.63. The molecule has 1 aliphatic carbocycles. The van der Waals surface area contributed by atoms with Crippen molar-refractivity contribution in [2.75, 3.05) is 0 Å². The quantitative estimate of drug-likeness (QED) is 0.796. The molecule has 0 bridgehead atoms. The van der Waals surface area contributed by atoms with Gasteiger partial charge in [-0.25, -0.2) is 9.78 Å². The Balaban J connectivity index is 1.88. The van der Waals surface area contributed by atoms with Crippen LogP contribution in [0.5, 0.6) is 0 Å². The number of aromatic nitrogens is 4. The molecule has 0 N–H and O–H groups in total. The van der Waals surface area contributed by atoms with Gasteiger partial charge in [0.2, 0.25) is 0 Å². The van der Waals surface area contributed by atoms with Gasteiger partial charge in [0.05, 0.1) is 18.6 Å². The fourth-order valence-electron chi connectivity index (χ4n) is 2.12. The van der Waals surface area contributed by atoms with E-state index in [1.165, 1.54) is 12.8 Å². The van der Waals surface area contributed by atoms with E-state index in [2.05, 4.69) is 9.55 Å². The number of nitrogens with zero attached hydrogens (tertiary/aromatic N) is 4. The van der Waals surface area contributed by atoms with Gasteiger partial charge >= 0.3 is 5.69 Å². The lowest BCUT2D eigenvalue weighted by molar-refractivity contribution is 0.623. The van der Waals surface area contributed by atoms with Gasteiger partial charge in [0.25, 0.3) is 0 Å². The van der Waals surface area contributed by atoms with Crippen LogP contribution in [0.1, 0.15) is 31.5 Å². The van der Waals surface area contributed by atoms with Crippen molar-refractivity contribution in [3.63, 3.8) is 0 Å². The van der Waals surface area contributed by atoms with Crippen LogP contribution in [0.4, 0.5) is 0 Å². The monoisotopic (exact) mass is 232 g/mol. The van der Waals surface area contributed by atoms with Gasteiger partial charge in [0.1, 0.15) is 0 Å². The van der Waals surface area contributed by atoms with E-state index in [-0.39, 0.29) is 5.69 Å². The first kappa shape index (κ1) is 10.4. The fraction of sp³-hybridized carbons (Fsp3) is 0.500. The van der Waals surface area contributed by atoms with E-state index in [1.807, 2.05) is 31.8 Å². The summed E-state index contributed by atoms with van der Waals surface area (Å²) in [7, 11) is 0. The molecule has 0 radical (unpaired) electrons. The normalized spacial score (nSPS) is 15.4. The van der Waals surface area contributed by atoms with Crippen molar-refractivity contribution < 1.29 is 0 Å². The van der Waals surface area contributed by atoms with E-state index >= 15 is 0 Å². The molecule has 2 aromatic heterocycles. The number of aryl methyl sites for hydroxylation is 1. The molecule has 0 amide bonds. The summed E-state index contributed by atoms with van der Waals surface area (Å²) in [6, 6.07) is 0.608. The number of hydrogen-bond acceptors (Lipinski definition) is 2. The van der Waals surface area contributed by atoms with E-state index in [9.17, 15) is 4.79 Å². The Morgan fingerprint density at radius 1 is 1.35 bits per heavy atom. The Morgan fingerprint density at radius 2 is 2.12 bits per heavy atom. The molecule has 5 heteroatoms. The average Bonchev–Trinajstić information content (AvgIpc) is 2.98. The van der Waals surface area contributed by atoms with Gasteiger partial charge in [-0.1, -0.05) is 0 Å². The van der Waals surface area contributed by atoms with Crippen molar-refractivity contribution in [1.82, 2.24) is 18.7 Å². The highest BCUT2D eigenvalue weighted by molar-refractivity contribution is 5.04. The Kier molecular flexibility index (Phi) is 2.39. The van der Waals surface area contributed by atoms with Gasteiger partial charge in [-0.2, -0.15) is 0 Å². The zero-order valence-electron chi connectivity index (χ0n) is 9.91. The maximum absolute atomic E-state index is 11.9. The molecule has 1 aliphatic rings. The van der Waals surface area contributed by atoms with Gasteiger partial charge in [-0.3, -0.25) is 9.13 Å². The molecule has 3 rings (SSSR count). The maximum atomic E-state index is 11.9. The van der Waals surface area contributed by atoms with Gasteiger partial charge < -0.3 is 4.57 Å². The molecule has 0 atom stereocenters. The zero-order valence-corrected chi connectivity index (χ0v) is 9.91. The van der Waals surface area contributed by atoms with Crippen molar-refractivity contribution in [2.24, 2.45) is 0 Å². The predicted octanol–water partition coefficient (Wildman–Crippen LogP) is 1.25. The lowest BCUT2D eigenvalue weighted by Crippen LogP contribution is -2.24. The molecule has 1 fully saturated rings. The standard InChI is InChI=1S/C12H16N4O/c1-2-14-5-6-15(12(14)17)8-11-7-13-9-16(11)10-3-4-10/h5-7,9-10H,2-4,8H2,1H3. The van der Waals surface area contributed by atoms with Crippen LogP contribution in [0.2, 0.25) is 0 Å². The molecule has 0 aliphatic heterocycles. The third-order valence-electron chi connectivity index (χ3n) is 3.28. The van der Waals surface area contributed by atoms with E-state index in [0.717, 1.165) is 5.69 Å². The second kappa shape index (κ2) is 3.91. The topological polar surface area (TPSA) is 44.8 Å². The molecule has 2 heterocycles. The summed E-state index contributed by atoms with van der Waals surface area (Å²) in [5, 5.41) is 0. The predicted molar refractivity (Wildman–Crippen MR) is 64.0 cm³/mol. The average molecular weight is 232 g/mol. The Bertz CT molecular complexity index is 573. The van der Waals surface area contributed by atoms with Crippen LogP contribution < -0.4 is 5.69 Å². The van der Waals surface area contributed by atoms with Crippen LogP contribution in [0.3, 0.4) is 0 Å². The van der Waals surface area contributed by atoms with Crippen molar-refractivity contribution in [2.45, 2.75) is 38.9 Å². The molecular formula is C12H16N4O. The van der Waals surface area contributed by atoms with E-state index in [0.29, 0.717) is 19.1 Å². The van der Waals surface area contributed by atoms with Gasteiger partial charge in [-0.15, -0.1) is 0 Å². The first-order valence-electron chi connectivity index (χ1n) is 6.06. The van der Waals surface area contributed by atoms with E-state index in [4.69, 9.17) is 0 Å². The minimum atomic E-state index is 0.0519. The third-order valence-corrected chi connectivity index (χ3v) is 3.28. The minimum Gasteiger partial charge on any atom is -0.330 e. The van der Waals surface area contributed by atoms with Crippen LogP contribution in [-0.2, 0) is 13.1 Å². The highest BCUT2D eigenvalue weighted by Gasteiger charge is 2.25. The van der Waals surface area contributed by atoms with Crippen molar-refractivity contribution >= 4 is 0 Å². The van der Waals surface area contributed by atoms with Crippen LogP contribution in [0.15, 0.2) is 29.7 Å². The molecule has 0 unspecified atom stereocenters. The van der Waals surface area contributed by atoms with E-state index < -0.39 is 0 Å². The van der Waals surface area contributed by atoms with Crippen molar-refractivity contribution in [1.29, 1.82) is 0 Å². The molecule has 1 saturated carbocycles. The maximum Gasteiger partial charge on any atom is 0.328 e. The summed E-state index contributed by atoms with van der Waals surface area (Å²) in [4.78, 5) is 16.1. The molecule has 5 nitrogen and oxygen atoms in total. The first-order valence-corrected chi connectivity index (χ1v) is 6.06. The highest BCUT2D eigenvalue weighted by Crippen LogP contribution is 2.35. The van der Waals surface area contributed by atoms with E-state index in [1.54, 1.807) is 9.13 Å². The number of hydrogen-bond donors (Lipinski definition) is 0.